The van der Waals surface area contributed by atoms with E-state index < -0.39 is 17.3 Å². The molecule has 0 bridgehead atoms. The molecule has 4 nitrogen and oxygen atoms in total. The number of nitrogens with zero attached hydrogens (tertiary/aromatic N) is 1. The second-order valence-corrected chi connectivity index (χ2v) is 7.98. The van der Waals surface area contributed by atoms with Gasteiger partial charge in [0.05, 0.1) is 18.8 Å². The molecule has 160 valence electrons. The molecule has 2 aliphatic rings. The Labute approximate surface area is 173 Å². The summed E-state index contributed by atoms with van der Waals surface area (Å²) in [5, 5.41) is 0. The Morgan fingerprint density at radius 3 is 2.50 bits per heavy atom. The lowest BCUT2D eigenvalue weighted by molar-refractivity contribution is -0.202. The molecular formula is C23H24F3NO3. The van der Waals surface area contributed by atoms with E-state index in [1.807, 2.05) is 18.2 Å². The summed E-state index contributed by atoms with van der Waals surface area (Å²) in [6, 6.07) is 12.7. The largest absolute Gasteiger partial charge is 0.416 e. The van der Waals surface area contributed by atoms with Crippen LogP contribution in [0.5, 0.6) is 0 Å². The van der Waals surface area contributed by atoms with Crippen molar-refractivity contribution in [3.8, 4) is 0 Å². The summed E-state index contributed by atoms with van der Waals surface area (Å²) in [5.41, 5.74) is 1.18. The molecule has 0 aromatic heterocycles. The van der Waals surface area contributed by atoms with Gasteiger partial charge >= 0.3 is 6.18 Å². The Balaban J connectivity index is 1.49. The molecule has 2 saturated heterocycles. The second kappa shape index (κ2) is 8.04. The number of rotatable bonds is 4. The molecule has 0 radical (unpaired) electrons. The fourth-order valence-electron chi connectivity index (χ4n) is 4.19. The van der Waals surface area contributed by atoms with Crippen LogP contribution >= 0.6 is 0 Å². The number of halogens is 3. The monoisotopic (exact) mass is 419 g/mol. The molecule has 0 saturated carbocycles. The second-order valence-electron chi connectivity index (χ2n) is 7.98. The van der Waals surface area contributed by atoms with Crippen LogP contribution in [0.3, 0.4) is 0 Å². The van der Waals surface area contributed by atoms with Gasteiger partial charge in [0, 0.05) is 31.7 Å². The minimum atomic E-state index is -4.34. The van der Waals surface area contributed by atoms with E-state index in [0.717, 1.165) is 36.1 Å². The van der Waals surface area contributed by atoms with Crippen LogP contribution in [0.4, 0.5) is 13.2 Å². The van der Waals surface area contributed by atoms with Gasteiger partial charge in [-0.05, 0) is 48.2 Å². The van der Waals surface area contributed by atoms with Gasteiger partial charge in [0.25, 0.3) is 5.91 Å². The number of methoxy groups -OCH3 is 1. The van der Waals surface area contributed by atoms with Crippen molar-refractivity contribution in [2.24, 2.45) is 0 Å². The van der Waals surface area contributed by atoms with Crippen molar-refractivity contribution in [3.63, 3.8) is 0 Å². The van der Waals surface area contributed by atoms with Crippen molar-refractivity contribution in [2.45, 2.75) is 30.5 Å². The quantitative estimate of drug-likeness (QED) is 0.727. The zero-order valence-electron chi connectivity index (χ0n) is 16.7. The third-order valence-electron chi connectivity index (χ3n) is 6.11. The molecule has 4 rings (SSSR count). The van der Waals surface area contributed by atoms with Gasteiger partial charge in [0.15, 0.2) is 0 Å². The summed E-state index contributed by atoms with van der Waals surface area (Å²) in [6.07, 6.45) is -2.69. The first-order valence-electron chi connectivity index (χ1n) is 10.0. The van der Waals surface area contributed by atoms with Gasteiger partial charge < -0.3 is 14.4 Å². The fourth-order valence-corrected chi connectivity index (χ4v) is 4.19. The summed E-state index contributed by atoms with van der Waals surface area (Å²) in [4.78, 5) is 14.9. The van der Waals surface area contributed by atoms with E-state index >= 15 is 0 Å². The van der Waals surface area contributed by atoms with Crippen LogP contribution in [0.1, 0.15) is 45.8 Å². The third-order valence-corrected chi connectivity index (χ3v) is 6.11. The minimum absolute atomic E-state index is 0.0264. The molecule has 2 fully saturated rings. The van der Waals surface area contributed by atoms with Gasteiger partial charge in [0.2, 0.25) is 0 Å². The Morgan fingerprint density at radius 1 is 1.17 bits per heavy atom. The molecule has 2 aliphatic heterocycles. The zero-order chi connectivity index (χ0) is 21.4. The van der Waals surface area contributed by atoms with E-state index in [2.05, 4.69) is 0 Å². The summed E-state index contributed by atoms with van der Waals surface area (Å²) in [7, 11) is 1.64. The van der Waals surface area contributed by atoms with Crippen molar-refractivity contribution in [1.82, 2.24) is 4.90 Å². The third kappa shape index (κ3) is 3.96. The average molecular weight is 419 g/mol. The van der Waals surface area contributed by atoms with Gasteiger partial charge in [-0.1, -0.05) is 24.3 Å². The Kier molecular flexibility index (Phi) is 5.59. The van der Waals surface area contributed by atoms with Gasteiger partial charge in [0.1, 0.15) is 5.60 Å². The van der Waals surface area contributed by atoms with E-state index in [9.17, 15) is 18.0 Å². The van der Waals surface area contributed by atoms with E-state index in [-0.39, 0.29) is 11.8 Å². The fraction of sp³-hybridized carbons (Fsp3) is 0.435. The summed E-state index contributed by atoms with van der Waals surface area (Å²) in [5.74, 6) is -0.0431. The number of ether oxygens (including phenoxy) is 2. The van der Waals surface area contributed by atoms with Crippen LogP contribution in [0.2, 0.25) is 0 Å². The predicted octanol–water partition coefficient (Wildman–Crippen LogP) is 4.60. The van der Waals surface area contributed by atoms with Crippen LogP contribution in [0.15, 0.2) is 48.5 Å². The van der Waals surface area contributed by atoms with E-state index in [1.165, 1.54) is 12.1 Å². The standard InChI is InChI=1S/C23H24F3NO3/c1-29-22(14-30-15-22)20-6-2-4-17(12-20)21(28)27-11-3-5-18(13-27)16-7-9-19(10-8-16)23(24,25)26/h2,4,6-10,12,18H,3,5,11,13-15H2,1H3. The van der Waals surface area contributed by atoms with Crippen LogP contribution in [-0.4, -0.2) is 44.2 Å². The van der Waals surface area contributed by atoms with E-state index in [0.29, 0.717) is 31.9 Å². The highest BCUT2D eigenvalue weighted by Gasteiger charge is 2.41. The van der Waals surface area contributed by atoms with E-state index in [1.54, 1.807) is 18.1 Å². The highest BCUT2D eigenvalue weighted by Crippen LogP contribution is 2.35. The molecule has 2 aromatic carbocycles. The average Bonchev–Trinajstić information content (AvgIpc) is 2.73. The Bertz CT molecular complexity index is 901. The molecule has 2 heterocycles. The molecule has 0 aliphatic carbocycles. The minimum Gasteiger partial charge on any atom is -0.375 e. The van der Waals surface area contributed by atoms with Gasteiger partial charge in [-0.3, -0.25) is 4.79 Å². The highest BCUT2D eigenvalue weighted by molar-refractivity contribution is 5.94. The van der Waals surface area contributed by atoms with Gasteiger partial charge in [-0.15, -0.1) is 0 Å². The molecule has 2 aromatic rings. The maximum Gasteiger partial charge on any atom is 0.416 e. The lowest BCUT2D eigenvalue weighted by Gasteiger charge is -2.40. The SMILES string of the molecule is COC1(c2cccc(C(=O)N3CCCC(c4ccc(C(F)(F)F)cc4)C3)c2)COC1. The summed E-state index contributed by atoms with van der Waals surface area (Å²) in [6.45, 7) is 2.05. The number of carbonyl (C=O) groups excluding carboxylic acids is 1. The number of hydrogen-bond acceptors (Lipinski definition) is 3. The molecular weight excluding hydrogens is 395 g/mol. The molecule has 1 atom stereocenters. The Hall–Kier alpha value is -2.38. The summed E-state index contributed by atoms with van der Waals surface area (Å²) >= 11 is 0. The van der Waals surface area contributed by atoms with Crippen LogP contribution in [-0.2, 0) is 21.3 Å². The topological polar surface area (TPSA) is 38.8 Å². The molecule has 1 unspecified atom stereocenters. The van der Waals surface area contributed by atoms with Crippen molar-refractivity contribution in [1.29, 1.82) is 0 Å². The first kappa shape index (κ1) is 20.9. The first-order valence-corrected chi connectivity index (χ1v) is 10.0. The molecule has 7 heteroatoms. The summed E-state index contributed by atoms with van der Waals surface area (Å²) < 4.78 is 49.4. The van der Waals surface area contributed by atoms with Crippen molar-refractivity contribution in [2.75, 3.05) is 33.4 Å². The number of carbonyl (C=O) groups is 1. The van der Waals surface area contributed by atoms with Crippen molar-refractivity contribution in [3.05, 3.63) is 70.8 Å². The molecule has 0 spiro atoms. The molecule has 30 heavy (non-hydrogen) atoms. The number of alkyl halides is 3. The van der Waals surface area contributed by atoms with Gasteiger partial charge in [-0.25, -0.2) is 0 Å². The van der Waals surface area contributed by atoms with Crippen LogP contribution in [0, 0.1) is 0 Å². The molecule has 0 N–H and O–H groups in total. The number of benzene rings is 2. The maximum atomic E-state index is 13.1. The maximum absolute atomic E-state index is 13.1. The highest BCUT2D eigenvalue weighted by atomic mass is 19.4. The predicted molar refractivity (Wildman–Crippen MR) is 105 cm³/mol. The lowest BCUT2D eigenvalue weighted by Crippen LogP contribution is -2.48. The smallest absolute Gasteiger partial charge is 0.375 e. The number of piperidine rings is 1. The van der Waals surface area contributed by atoms with Crippen LogP contribution < -0.4 is 0 Å². The van der Waals surface area contributed by atoms with Crippen molar-refractivity contribution >= 4 is 5.91 Å². The number of amides is 1. The zero-order valence-corrected chi connectivity index (χ0v) is 16.7. The van der Waals surface area contributed by atoms with Gasteiger partial charge in [-0.2, -0.15) is 13.2 Å². The van der Waals surface area contributed by atoms with Crippen LogP contribution in [0.25, 0.3) is 0 Å². The lowest BCUT2D eigenvalue weighted by atomic mass is 9.88. The van der Waals surface area contributed by atoms with E-state index in [4.69, 9.17) is 9.47 Å². The first-order chi connectivity index (χ1) is 14.3. The molecule has 1 amide bonds. The Morgan fingerprint density at radius 2 is 1.90 bits per heavy atom. The van der Waals surface area contributed by atoms with Crippen molar-refractivity contribution < 1.29 is 27.4 Å². The normalized spacial score (nSPS) is 21.2. The number of hydrogen-bond donors (Lipinski definition) is 0. The number of likely N-dealkylation sites (tertiary alicyclic amines) is 1.